The average Bonchev–Trinajstić information content (AvgIpc) is 2.95. The summed E-state index contributed by atoms with van der Waals surface area (Å²) in [4.78, 5) is 5.56. The third-order valence-corrected chi connectivity index (χ3v) is 5.68. The first kappa shape index (κ1) is 14.8. The quantitative estimate of drug-likeness (QED) is 0.806. The standard InChI is InChI=1S/C17H33N3/c1-2-8-18-15-13-16-6-5-7-17(14-15)20(16)12-11-19-9-3-4-10-19/h15-18H,2-14H2,1H3. The van der Waals surface area contributed by atoms with Gasteiger partial charge in [0.2, 0.25) is 0 Å². The fourth-order valence-corrected chi connectivity index (χ4v) is 4.62. The lowest BCUT2D eigenvalue weighted by Gasteiger charge is -2.49. The molecule has 3 heteroatoms. The maximum atomic E-state index is 3.78. The van der Waals surface area contributed by atoms with Gasteiger partial charge < -0.3 is 10.2 Å². The molecule has 3 rings (SSSR count). The van der Waals surface area contributed by atoms with Gasteiger partial charge in [-0.15, -0.1) is 0 Å². The van der Waals surface area contributed by atoms with E-state index >= 15 is 0 Å². The lowest BCUT2D eigenvalue weighted by molar-refractivity contribution is 0.0189. The fraction of sp³-hybridized carbons (Fsp3) is 1.00. The number of rotatable bonds is 6. The van der Waals surface area contributed by atoms with Crippen molar-refractivity contribution in [2.45, 2.75) is 76.4 Å². The normalized spacial score (nSPS) is 35.5. The molecule has 3 fully saturated rings. The number of hydrogen-bond acceptors (Lipinski definition) is 3. The van der Waals surface area contributed by atoms with Crippen molar-refractivity contribution in [3.8, 4) is 0 Å². The number of fused-ring (bicyclic) bond motifs is 2. The summed E-state index contributed by atoms with van der Waals surface area (Å²) in [6.45, 7) is 8.83. The summed E-state index contributed by atoms with van der Waals surface area (Å²) in [5, 5.41) is 3.78. The Hall–Kier alpha value is -0.120. The molecule has 116 valence electrons. The summed E-state index contributed by atoms with van der Waals surface area (Å²) in [5.41, 5.74) is 0. The van der Waals surface area contributed by atoms with Gasteiger partial charge in [-0.1, -0.05) is 13.3 Å². The molecule has 0 aromatic rings. The van der Waals surface area contributed by atoms with Gasteiger partial charge in [-0.05, 0) is 64.6 Å². The first-order chi connectivity index (χ1) is 9.86. The molecule has 2 unspecified atom stereocenters. The molecule has 3 nitrogen and oxygen atoms in total. The lowest BCUT2D eigenvalue weighted by atomic mass is 9.81. The van der Waals surface area contributed by atoms with Gasteiger partial charge >= 0.3 is 0 Å². The molecule has 0 saturated carbocycles. The maximum absolute atomic E-state index is 3.78. The first-order valence-corrected chi connectivity index (χ1v) is 9.08. The minimum atomic E-state index is 0.799. The van der Waals surface area contributed by atoms with Crippen molar-refractivity contribution in [3.63, 3.8) is 0 Å². The lowest BCUT2D eigenvalue weighted by Crippen LogP contribution is -2.57. The van der Waals surface area contributed by atoms with E-state index in [-0.39, 0.29) is 0 Å². The third kappa shape index (κ3) is 3.55. The molecule has 2 atom stereocenters. The summed E-state index contributed by atoms with van der Waals surface area (Å²) in [6.07, 6.45) is 11.3. The van der Waals surface area contributed by atoms with E-state index in [9.17, 15) is 0 Å². The summed E-state index contributed by atoms with van der Waals surface area (Å²) in [6, 6.07) is 2.55. The monoisotopic (exact) mass is 279 g/mol. The Morgan fingerprint density at radius 1 is 0.950 bits per heavy atom. The van der Waals surface area contributed by atoms with Crippen LogP contribution in [0.25, 0.3) is 0 Å². The molecular formula is C17H33N3. The fourth-order valence-electron chi connectivity index (χ4n) is 4.62. The van der Waals surface area contributed by atoms with Crippen LogP contribution in [0.3, 0.4) is 0 Å². The Bertz CT molecular complexity index is 274. The Balaban J connectivity index is 1.50. The molecular weight excluding hydrogens is 246 g/mol. The number of hydrogen-bond donors (Lipinski definition) is 1. The Labute approximate surface area is 125 Å². The Kier molecular flexibility index (Phi) is 5.36. The summed E-state index contributed by atoms with van der Waals surface area (Å²) >= 11 is 0. The molecule has 0 aromatic carbocycles. The molecule has 3 aliphatic heterocycles. The minimum absolute atomic E-state index is 0.799. The number of likely N-dealkylation sites (tertiary alicyclic amines) is 1. The van der Waals surface area contributed by atoms with Crippen LogP contribution in [-0.4, -0.2) is 60.6 Å². The van der Waals surface area contributed by atoms with Gasteiger partial charge in [0.05, 0.1) is 0 Å². The van der Waals surface area contributed by atoms with E-state index in [2.05, 4.69) is 22.0 Å². The topological polar surface area (TPSA) is 18.5 Å². The largest absolute Gasteiger partial charge is 0.314 e. The van der Waals surface area contributed by atoms with Gasteiger partial charge in [0.15, 0.2) is 0 Å². The molecule has 1 N–H and O–H groups in total. The molecule has 20 heavy (non-hydrogen) atoms. The molecule has 0 amide bonds. The van der Waals surface area contributed by atoms with Crippen molar-refractivity contribution in [1.82, 2.24) is 15.1 Å². The van der Waals surface area contributed by atoms with Crippen LogP contribution in [0.5, 0.6) is 0 Å². The van der Waals surface area contributed by atoms with Gasteiger partial charge in [0.25, 0.3) is 0 Å². The minimum Gasteiger partial charge on any atom is -0.314 e. The van der Waals surface area contributed by atoms with E-state index in [0.717, 1.165) is 18.1 Å². The van der Waals surface area contributed by atoms with Crippen molar-refractivity contribution in [1.29, 1.82) is 0 Å². The van der Waals surface area contributed by atoms with Crippen molar-refractivity contribution in [2.24, 2.45) is 0 Å². The predicted molar refractivity (Wildman–Crippen MR) is 85.1 cm³/mol. The zero-order chi connectivity index (χ0) is 13.8. The molecule has 3 aliphatic rings. The van der Waals surface area contributed by atoms with Gasteiger partial charge in [-0.2, -0.15) is 0 Å². The van der Waals surface area contributed by atoms with Crippen LogP contribution in [0.4, 0.5) is 0 Å². The second kappa shape index (κ2) is 7.24. The highest BCUT2D eigenvalue weighted by Crippen LogP contribution is 2.33. The second-order valence-electron chi connectivity index (χ2n) is 7.15. The summed E-state index contributed by atoms with van der Waals surface area (Å²) in [5.74, 6) is 0. The van der Waals surface area contributed by atoms with Crippen molar-refractivity contribution < 1.29 is 0 Å². The van der Waals surface area contributed by atoms with Gasteiger partial charge in [0, 0.05) is 31.2 Å². The van der Waals surface area contributed by atoms with Crippen molar-refractivity contribution in [2.75, 3.05) is 32.7 Å². The molecule has 3 saturated heterocycles. The molecule has 0 aliphatic carbocycles. The molecule has 3 heterocycles. The average molecular weight is 279 g/mol. The number of nitrogens with zero attached hydrogens (tertiary/aromatic N) is 2. The highest BCUT2D eigenvalue weighted by Gasteiger charge is 2.37. The van der Waals surface area contributed by atoms with Gasteiger partial charge in [-0.3, -0.25) is 4.90 Å². The zero-order valence-corrected chi connectivity index (χ0v) is 13.3. The molecule has 0 radical (unpaired) electrons. The highest BCUT2D eigenvalue weighted by molar-refractivity contribution is 4.95. The van der Waals surface area contributed by atoms with Crippen LogP contribution in [0.1, 0.15) is 58.3 Å². The zero-order valence-electron chi connectivity index (χ0n) is 13.3. The number of nitrogens with one attached hydrogen (secondary N) is 1. The van der Waals surface area contributed by atoms with Gasteiger partial charge in [0.1, 0.15) is 0 Å². The summed E-state index contributed by atoms with van der Waals surface area (Å²) < 4.78 is 0. The summed E-state index contributed by atoms with van der Waals surface area (Å²) in [7, 11) is 0. The van der Waals surface area contributed by atoms with Crippen molar-refractivity contribution in [3.05, 3.63) is 0 Å². The van der Waals surface area contributed by atoms with E-state index in [1.807, 2.05) is 0 Å². The Morgan fingerprint density at radius 3 is 2.30 bits per heavy atom. The van der Waals surface area contributed by atoms with Crippen LogP contribution >= 0.6 is 0 Å². The molecule has 0 aromatic heterocycles. The van der Waals surface area contributed by atoms with Crippen molar-refractivity contribution >= 4 is 0 Å². The molecule has 0 spiro atoms. The van der Waals surface area contributed by atoms with Crippen LogP contribution in [0, 0.1) is 0 Å². The van der Waals surface area contributed by atoms with Crippen LogP contribution in [0.15, 0.2) is 0 Å². The van der Waals surface area contributed by atoms with E-state index < -0.39 is 0 Å². The van der Waals surface area contributed by atoms with Crippen LogP contribution < -0.4 is 5.32 Å². The van der Waals surface area contributed by atoms with E-state index in [1.54, 1.807) is 0 Å². The third-order valence-electron chi connectivity index (χ3n) is 5.68. The smallest absolute Gasteiger partial charge is 0.0115 e. The molecule has 2 bridgehead atoms. The van der Waals surface area contributed by atoms with E-state index in [0.29, 0.717) is 0 Å². The SMILES string of the molecule is CCCNC1CC2CCCC(C1)N2CCN1CCCC1. The van der Waals surface area contributed by atoms with Gasteiger partial charge in [-0.25, -0.2) is 0 Å². The van der Waals surface area contributed by atoms with E-state index in [1.165, 1.54) is 84.1 Å². The van der Waals surface area contributed by atoms with E-state index in [4.69, 9.17) is 0 Å². The van der Waals surface area contributed by atoms with Crippen LogP contribution in [0.2, 0.25) is 0 Å². The maximum Gasteiger partial charge on any atom is 0.0115 e. The number of piperidine rings is 2. The first-order valence-electron chi connectivity index (χ1n) is 9.08. The second-order valence-corrected chi connectivity index (χ2v) is 7.15. The van der Waals surface area contributed by atoms with Crippen LogP contribution in [-0.2, 0) is 0 Å². The Morgan fingerprint density at radius 2 is 1.65 bits per heavy atom. The predicted octanol–water partition coefficient (Wildman–Crippen LogP) is 2.47. The highest BCUT2D eigenvalue weighted by atomic mass is 15.3.